The highest BCUT2D eigenvalue weighted by atomic mass is 32.2. The van der Waals surface area contributed by atoms with Crippen LogP contribution < -0.4 is 15.6 Å². The fourth-order valence-corrected chi connectivity index (χ4v) is 4.06. The third kappa shape index (κ3) is 3.92. The molecule has 5 N–H and O–H groups in total. The fourth-order valence-electron chi connectivity index (χ4n) is 3.50. The molecule has 148 valence electrons. The maximum absolute atomic E-state index is 11.6. The Morgan fingerprint density at radius 1 is 1.14 bits per heavy atom. The topological polar surface area (TPSA) is 150 Å². The molecule has 0 bridgehead atoms. The third-order valence-corrected chi connectivity index (χ3v) is 5.86. The number of benzene rings is 1. The molecule has 0 saturated heterocycles. The van der Waals surface area contributed by atoms with E-state index in [1.54, 1.807) is 12.1 Å². The minimum Gasteiger partial charge on any atom is -0.476 e. The molecule has 0 aliphatic heterocycles. The van der Waals surface area contributed by atoms with Crippen molar-refractivity contribution in [3.05, 3.63) is 24.3 Å². The van der Waals surface area contributed by atoms with Crippen molar-refractivity contribution in [3.8, 4) is 17.3 Å². The lowest BCUT2D eigenvalue weighted by molar-refractivity contribution is 0.205. The van der Waals surface area contributed by atoms with Crippen molar-refractivity contribution in [1.29, 1.82) is 0 Å². The van der Waals surface area contributed by atoms with E-state index >= 15 is 0 Å². The molecule has 2 heterocycles. The van der Waals surface area contributed by atoms with Crippen LogP contribution in [0.5, 0.6) is 5.88 Å². The number of hydrogen-bond acceptors (Lipinski definition) is 7. The molecule has 0 spiro atoms. The number of aromatic amines is 1. The maximum Gasteiger partial charge on any atom is 0.245 e. The number of ether oxygens (including phenoxy) is 1. The van der Waals surface area contributed by atoms with E-state index in [0.29, 0.717) is 41.0 Å². The molecule has 0 unspecified atom stereocenters. The first-order chi connectivity index (χ1) is 13.4. The quantitative estimate of drug-likeness (QED) is 0.592. The van der Waals surface area contributed by atoms with Crippen molar-refractivity contribution in [2.75, 3.05) is 12.3 Å². The molecule has 4 rings (SSSR count). The van der Waals surface area contributed by atoms with Gasteiger partial charge in [-0.15, -0.1) is 0 Å². The van der Waals surface area contributed by atoms with Crippen LogP contribution in [-0.4, -0.2) is 35.0 Å². The maximum atomic E-state index is 11.6. The van der Waals surface area contributed by atoms with E-state index in [9.17, 15) is 8.42 Å². The van der Waals surface area contributed by atoms with Gasteiger partial charge in [0.25, 0.3) is 0 Å². The lowest BCUT2D eigenvalue weighted by Crippen LogP contribution is -2.16. The molecular formula is C18H22N6O3S. The van der Waals surface area contributed by atoms with Crippen molar-refractivity contribution in [2.45, 2.75) is 37.0 Å². The molecule has 0 atom stereocenters. The van der Waals surface area contributed by atoms with E-state index in [0.717, 1.165) is 12.8 Å². The predicted molar refractivity (Wildman–Crippen MR) is 105 cm³/mol. The van der Waals surface area contributed by atoms with Gasteiger partial charge in [0.05, 0.1) is 11.5 Å². The Kier molecular flexibility index (Phi) is 4.90. The SMILES string of the molecule is Nc1nc(OCC2CCCCC2)c2[nH]c(-c3cccc(S(N)(=O)=O)c3)nc2n1. The number of rotatable bonds is 5. The van der Waals surface area contributed by atoms with E-state index in [2.05, 4.69) is 19.9 Å². The molecule has 3 aromatic rings. The lowest BCUT2D eigenvalue weighted by atomic mass is 9.90. The van der Waals surface area contributed by atoms with Gasteiger partial charge in [-0.05, 0) is 30.9 Å². The Hall–Kier alpha value is -2.72. The molecule has 10 heteroatoms. The van der Waals surface area contributed by atoms with Gasteiger partial charge in [0.15, 0.2) is 5.65 Å². The number of anilines is 1. The number of imidazole rings is 1. The van der Waals surface area contributed by atoms with E-state index in [1.165, 1.54) is 31.4 Å². The van der Waals surface area contributed by atoms with Gasteiger partial charge in [-0.3, -0.25) is 0 Å². The van der Waals surface area contributed by atoms with Crippen LogP contribution in [0.3, 0.4) is 0 Å². The molecule has 28 heavy (non-hydrogen) atoms. The number of H-pyrrole nitrogens is 1. The summed E-state index contributed by atoms with van der Waals surface area (Å²) in [6.45, 7) is 0.570. The van der Waals surface area contributed by atoms with Gasteiger partial charge in [0, 0.05) is 5.56 Å². The van der Waals surface area contributed by atoms with Crippen molar-refractivity contribution in [1.82, 2.24) is 19.9 Å². The summed E-state index contributed by atoms with van der Waals surface area (Å²) in [5.74, 6) is 1.37. The molecule has 0 amide bonds. The summed E-state index contributed by atoms with van der Waals surface area (Å²) in [5.41, 5.74) is 7.26. The average molecular weight is 402 g/mol. The highest BCUT2D eigenvalue weighted by Crippen LogP contribution is 2.29. The van der Waals surface area contributed by atoms with Crippen molar-refractivity contribution in [2.24, 2.45) is 11.1 Å². The number of hydrogen-bond donors (Lipinski definition) is 3. The Morgan fingerprint density at radius 2 is 1.93 bits per heavy atom. The first-order valence-electron chi connectivity index (χ1n) is 9.19. The smallest absolute Gasteiger partial charge is 0.245 e. The minimum atomic E-state index is -3.81. The number of sulfonamides is 1. The predicted octanol–water partition coefficient (Wildman–Crippen LogP) is 2.21. The fraction of sp³-hybridized carbons (Fsp3) is 0.389. The van der Waals surface area contributed by atoms with Gasteiger partial charge in [-0.2, -0.15) is 9.97 Å². The molecular weight excluding hydrogens is 380 g/mol. The van der Waals surface area contributed by atoms with Crippen LogP contribution in [0.25, 0.3) is 22.6 Å². The standard InChI is InChI=1S/C18H22N6O3S/c19-18-23-16-14(17(24-18)27-10-11-5-2-1-3-6-11)21-15(22-16)12-7-4-8-13(9-12)28(20,25)26/h4,7-9,11H,1-3,5-6,10H2,(H2,20,25,26)(H3,19,21,22,23,24). The molecule has 2 aromatic heterocycles. The zero-order valence-electron chi connectivity index (χ0n) is 15.3. The van der Waals surface area contributed by atoms with Gasteiger partial charge in [0.2, 0.25) is 21.9 Å². The number of nitrogens with two attached hydrogens (primary N) is 2. The Bertz CT molecular complexity index is 1110. The summed E-state index contributed by atoms with van der Waals surface area (Å²) in [4.78, 5) is 15.9. The van der Waals surface area contributed by atoms with E-state index < -0.39 is 10.0 Å². The number of primary sulfonamides is 1. The second-order valence-corrected chi connectivity index (χ2v) is 8.62. The molecule has 1 aliphatic carbocycles. The molecule has 1 fully saturated rings. The second kappa shape index (κ2) is 7.36. The lowest BCUT2D eigenvalue weighted by Gasteiger charge is -2.21. The molecule has 1 aromatic carbocycles. The van der Waals surface area contributed by atoms with E-state index in [4.69, 9.17) is 15.6 Å². The zero-order valence-corrected chi connectivity index (χ0v) is 16.1. The summed E-state index contributed by atoms with van der Waals surface area (Å²) in [6, 6.07) is 6.21. The largest absolute Gasteiger partial charge is 0.476 e. The van der Waals surface area contributed by atoms with Crippen LogP contribution in [0.15, 0.2) is 29.2 Å². The molecule has 0 radical (unpaired) electrons. The van der Waals surface area contributed by atoms with E-state index in [-0.39, 0.29) is 10.8 Å². The number of nitrogens with zero attached hydrogens (tertiary/aromatic N) is 3. The number of nitrogens with one attached hydrogen (secondary N) is 1. The second-order valence-electron chi connectivity index (χ2n) is 7.06. The molecule has 9 nitrogen and oxygen atoms in total. The normalized spacial score (nSPS) is 15.8. The van der Waals surface area contributed by atoms with Gasteiger partial charge < -0.3 is 15.5 Å². The third-order valence-electron chi connectivity index (χ3n) is 4.95. The Labute approximate surface area is 162 Å². The monoisotopic (exact) mass is 402 g/mol. The van der Waals surface area contributed by atoms with Crippen LogP contribution in [0.2, 0.25) is 0 Å². The van der Waals surface area contributed by atoms with E-state index in [1.807, 2.05) is 0 Å². The van der Waals surface area contributed by atoms with Crippen LogP contribution >= 0.6 is 0 Å². The summed E-state index contributed by atoms with van der Waals surface area (Å²) in [7, 11) is -3.81. The van der Waals surface area contributed by atoms with Gasteiger partial charge in [-0.25, -0.2) is 18.5 Å². The summed E-state index contributed by atoms with van der Waals surface area (Å²) >= 11 is 0. The molecule has 1 aliphatic rings. The average Bonchev–Trinajstić information content (AvgIpc) is 3.10. The van der Waals surface area contributed by atoms with Crippen LogP contribution in [-0.2, 0) is 10.0 Å². The summed E-state index contributed by atoms with van der Waals surface area (Å²) in [6.07, 6.45) is 6.03. The first-order valence-corrected chi connectivity index (χ1v) is 10.7. The highest BCUT2D eigenvalue weighted by molar-refractivity contribution is 7.89. The number of fused-ring (bicyclic) bond motifs is 1. The molecule has 1 saturated carbocycles. The van der Waals surface area contributed by atoms with Crippen molar-refractivity contribution < 1.29 is 13.2 Å². The van der Waals surface area contributed by atoms with Gasteiger partial charge in [0.1, 0.15) is 11.3 Å². The van der Waals surface area contributed by atoms with Crippen LogP contribution in [0.4, 0.5) is 5.95 Å². The first kappa shape index (κ1) is 18.6. The number of aromatic nitrogens is 4. The van der Waals surface area contributed by atoms with Crippen LogP contribution in [0, 0.1) is 5.92 Å². The van der Waals surface area contributed by atoms with Crippen molar-refractivity contribution in [3.63, 3.8) is 0 Å². The Morgan fingerprint density at radius 3 is 2.68 bits per heavy atom. The van der Waals surface area contributed by atoms with Gasteiger partial charge >= 0.3 is 0 Å². The number of nitrogen functional groups attached to an aromatic ring is 1. The minimum absolute atomic E-state index is 0.00447. The summed E-state index contributed by atoms with van der Waals surface area (Å²) < 4.78 is 29.2. The zero-order chi connectivity index (χ0) is 19.7. The van der Waals surface area contributed by atoms with Crippen LogP contribution in [0.1, 0.15) is 32.1 Å². The van der Waals surface area contributed by atoms with Gasteiger partial charge in [-0.1, -0.05) is 31.4 Å². The Balaban J connectivity index is 1.67. The highest BCUT2D eigenvalue weighted by Gasteiger charge is 2.18. The summed E-state index contributed by atoms with van der Waals surface area (Å²) in [5, 5.41) is 5.22. The van der Waals surface area contributed by atoms with Crippen molar-refractivity contribution >= 4 is 27.1 Å².